The number of hydrogen-bond donors (Lipinski definition) is 0. The van der Waals surface area contributed by atoms with Gasteiger partial charge in [0.15, 0.2) is 15.7 Å². The Morgan fingerprint density at radius 2 is 1.81 bits per heavy atom. The van der Waals surface area contributed by atoms with Gasteiger partial charge in [-0.15, -0.1) is 0 Å². The molecular weight excluding hydrogens is 304 g/mol. The van der Waals surface area contributed by atoms with Crippen LogP contribution in [0, 0.1) is 11.6 Å². The SMILES string of the molecule is CCCS(=O)(=O)CCN1C(=O)C(=O)c2cc(F)cc(F)c21. The molecule has 0 atom stereocenters. The number of fused-ring (bicyclic) bond motifs is 1. The van der Waals surface area contributed by atoms with Crippen molar-refractivity contribution >= 4 is 27.2 Å². The number of hydrogen-bond acceptors (Lipinski definition) is 4. The quantitative estimate of drug-likeness (QED) is 0.768. The summed E-state index contributed by atoms with van der Waals surface area (Å²) in [5.41, 5.74) is -0.719. The number of rotatable bonds is 5. The first-order chi connectivity index (χ1) is 9.76. The number of carbonyl (C=O) groups excluding carboxylic acids is 2. The van der Waals surface area contributed by atoms with E-state index >= 15 is 0 Å². The number of carbonyl (C=O) groups is 2. The van der Waals surface area contributed by atoms with Gasteiger partial charge in [0, 0.05) is 18.4 Å². The Morgan fingerprint density at radius 1 is 1.14 bits per heavy atom. The lowest BCUT2D eigenvalue weighted by Gasteiger charge is -2.16. The fourth-order valence-corrected chi connectivity index (χ4v) is 3.50. The average molecular weight is 317 g/mol. The summed E-state index contributed by atoms with van der Waals surface area (Å²) >= 11 is 0. The second-order valence-corrected chi connectivity index (χ2v) is 7.03. The Labute approximate surface area is 120 Å². The highest BCUT2D eigenvalue weighted by Crippen LogP contribution is 2.32. The molecular formula is C13H13F2NO4S. The van der Waals surface area contributed by atoms with Crippen molar-refractivity contribution in [2.45, 2.75) is 13.3 Å². The van der Waals surface area contributed by atoms with Crippen LogP contribution in [0.1, 0.15) is 23.7 Å². The Balaban J connectivity index is 2.32. The maximum absolute atomic E-state index is 13.8. The van der Waals surface area contributed by atoms with Crippen LogP contribution in [0.5, 0.6) is 0 Å². The first kappa shape index (κ1) is 15.6. The molecule has 0 bridgehead atoms. The number of sulfone groups is 1. The summed E-state index contributed by atoms with van der Waals surface area (Å²) in [5.74, 6) is -4.53. The van der Waals surface area contributed by atoms with E-state index in [1.54, 1.807) is 6.92 Å². The Bertz CT molecular complexity index is 715. The van der Waals surface area contributed by atoms with E-state index < -0.39 is 33.2 Å². The van der Waals surface area contributed by atoms with Crippen LogP contribution < -0.4 is 4.90 Å². The van der Waals surface area contributed by atoms with Crippen molar-refractivity contribution in [2.24, 2.45) is 0 Å². The van der Waals surface area contributed by atoms with E-state index in [4.69, 9.17) is 0 Å². The summed E-state index contributed by atoms with van der Waals surface area (Å²) in [4.78, 5) is 24.2. The number of halogens is 2. The minimum Gasteiger partial charge on any atom is -0.301 e. The number of ketones is 1. The van der Waals surface area contributed by atoms with Crippen molar-refractivity contribution in [3.8, 4) is 0 Å². The molecule has 2 rings (SSSR count). The third kappa shape index (κ3) is 2.94. The highest BCUT2D eigenvalue weighted by molar-refractivity contribution is 7.91. The lowest BCUT2D eigenvalue weighted by atomic mass is 10.1. The molecule has 0 radical (unpaired) electrons. The van der Waals surface area contributed by atoms with Gasteiger partial charge in [-0.3, -0.25) is 9.59 Å². The molecule has 1 aliphatic heterocycles. The molecule has 0 N–H and O–H groups in total. The van der Waals surface area contributed by atoms with Gasteiger partial charge >= 0.3 is 0 Å². The summed E-state index contributed by atoms with van der Waals surface area (Å²) in [6.07, 6.45) is 0.422. The number of Topliss-reactive ketones (excluding diaryl/α,β-unsaturated/α-hetero) is 1. The Hall–Kier alpha value is -1.83. The molecule has 5 nitrogen and oxygen atoms in total. The lowest BCUT2D eigenvalue weighted by molar-refractivity contribution is -0.114. The van der Waals surface area contributed by atoms with Crippen molar-refractivity contribution in [2.75, 3.05) is 23.0 Å². The lowest BCUT2D eigenvalue weighted by Crippen LogP contribution is -2.35. The third-order valence-electron chi connectivity index (χ3n) is 3.12. The van der Waals surface area contributed by atoms with Crippen LogP contribution in [0.3, 0.4) is 0 Å². The van der Waals surface area contributed by atoms with Gasteiger partial charge in [0.25, 0.3) is 11.7 Å². The molecule has 0 saturated carbocycles. The Morgan fingerprint density at radius 3 is 2.43 bits per heavy atom. The standard InChI is InChI=1S/C13H13F2NO4S/c1-2-4-21(19,20)5-3-16-11-9(12(17)13(16)18)6-8(14)7-10(11)15/h6-7H,2-5H2,1H3. The molecule has 0 spiro atoms. The van der Waals surface area contributed by atoms with E-state index in [0.29, 0.717) is 12.5 Å². The number of anilines is 1. The highest BCUT2D eigenvalue weighted by Gasteiger charge is 2.39. The maximum atomic E-state index is 13.8. The average Bonchev–Trinajstić information content (AvgIpc) is 2.61. The van der Waals surface area contributed by atoms with Gasteiger partial charge in [0.1, 0.15) is 5.82 Å². The van der Waals surface area contributed by atoms with Crippen LogP contribution in [0.25, 0.3) is 0 Å². The first-order valence-electron chi connectivity index (χ1n) is 6.32. The highest BCUT2D eigenvalue weighted by atomic mass is 32.2. The summed E-state index contributed by atoms with van der Waals surface area (Å²) in [6.45, 7) is 1.36. The second kappa shape index (κ2) is 5.51. The molecule has 1 aromatic carbocycles. The van der Waals surface area contributed by atoms with E-state index in [1.165, 1.54) is 0 Å². The van der Waals surface area contributed by atoms with Crippen LogP contribution in [0.2, 0.25) is 0 Å². The van der Waals surface area contributed by atoms with Gasteiger partial charge in [-0.2, -0.15) is 0 Å². The van der Waals surface area contributed by atoms with Crippen molar-refractivity contribution in [1.29, 1.82) is 0 Å². The van der Waals surface area contributed by atoms with Crippen molar-refractivity contribution in [3.63, 3.8) is 0 Å². The van der Waals surface area contributed by atoms with E-state index in [1.807, 2.05) is 0 Å². The zero-order chi connectivity index (χ0) is 15.8. The molecule has 0 fully saturated rings. The molecule has 0 unspecified atom stereocenters. The number of benzene rings is 1. The molecule has 1 aromatic rings. The van der Waals surface area contributed by atoms with E-state index in [9.17, 15) is 26.8 Å². The molecule has 0 saturated heterocycles. The first-order valence-corrected chi connectivity index (χ1v) is 8.14. The zero-order valence-electron chi connectivity index (χ0n) is 11.2. The molecule has 0 aliphatic carbocycles. The fourth-order valence-electron chi connectivity index (χ4n) is 2.21. The summed E-state index contributed by atoms with van der Waals surface area (Å²) in [6, 6.07) is 1.33. The van der Waals surface area contributed by atoms with Crippen molar-refractivity contribution in [3.05, 3.63) is 29.3 Å². The smallest absolute Gasteiger partial charge is 0.299 e. The molecule has 0 aromatic heterocycles. The number of nitrogens with zero attached hydrogens (tertiary/aromatic N) is 1. The fraction of sp³-hybridized carbons (Fsp3) is 0.385. The van der Waals surface area contributed by atoms with Gasteiger partial charge in [0.05, 0.1) is 17.0 Å². The van der Waals surface area contributed by atoms with E-state index in [-0.39, 0.29) is 29.3 Å². The van der Waals surface area contributed by atoms with Crippen LogP contribution in [-0.2, 0) is 14.6 Å². The molecule has 1 amide bonds. The van der Waals surface area contributed by atoms with Gasteiger partial charge in [-0.25, -0.2) is 17.2 Å². The zero-order valence-corrected chi connectivity index (χ0v) is 12.0. The summed E-state index contributed by atoms with van der Waals surface area (Å²) in [7, 11) is -3.39. The monoisotopic (exact) mass is 317 g/mol. The minimum absolute atomic E-state index is 0.0538. The van der Waals surface area contributed by atoms with Crippen LogP contribution in [0.4, 0.5) is 14.5 Å². The van der Waals surface area contributed by atoms with Gasteiger partial charge in [-0.05, 0) is 12.5 Å². The minimum atomic E-state index is -3.39. The summed E-state index contributed by atoms with van der Waals surface area (Å²) in [5, 5.41) is 0. The summed E-state index contributed by atoms with van der Waals surface area (Å²) < 4.78 is 50.2. The van der Waals surface area contributed by atoms with Gasteiger partial charge < -0.3 is 4.90 Å². The largest absolute Gasteiger partial charge is 0.301 e. The van der Waals surface area contributed by atoms with Crippen LogP contribution >= 0.6 is 0 Å². The van der Waals surface area contributed by atoms with Gasteiger partial charge in [-0.1, -0.05) is 6.92 Å². The van der Waals surface area contributed by atoms with E-state index in [0.717, 1.165) is 11.0 Å². The van der Waals surface area contributed by atoms with Crippen molar-refractivity contribution in [1.82, 2.24) is 0 Å². The molecule has 1 heterocycles. The topological polar surface area (TPSA) is 71.5 Å². The molecule has 1 aliphatic rings. The predicted octanol–water partition coefficient (Wildman–Crippen LogP) is 1.32. The maximum Gasteiger partial charge on any atom is 0.299 e. The van der Waals surface area contributed by atoms with E-state index in [2.05, 4.69) is 0 Å². The molecule has 21 heavy (non-hydrogen) atoms. The van der Waals surface area contributed by atoms with Crippen LogP contribution in [-0.4, -0.2) is 38.2 Å². The molecule has 114 valence electrons. The second-order valence-electron chi connectivity index (χ2n) is 4.72. The van der Waals surface area contributed by atoms with Gasteiger partial charge in [0.2, 0.25) is 0 Å². The molecule has 8 heteroatoms. The normalized spacial score (nSPS) is 14.7. The van der Waals surface area contributed by atoms with Crippen LogP contribution in [0.15, 0.2) is 12.1 Å². The Kier molecular flexibility index (Phi) is 4.08. The predicted molar refractivity (Wildman–Crippen MR) is 72.0 cm³/mol. The number of amides is 1. The third-order valence-corrected chi connectivity index (χ3v) is 4.96. The van der Waals surface area contributed by atoms with Crippen molar-refractivity contribution < 1.29 is 26.8 Å².